The molecule has 0 spiro atoms. The van der Waals surface area contributed by atoms with Crippen LogP contribution in [0.15, 0.2) is 54.6 Å². The second-order valence-corrected chi connectivity index (χ2v) is 8.25. The van der Waals surface area contributed by atoms with E-state index in [0.29, 0.717) is 31.6 Å². The number of carbonyl (C=O) groups is 2. The van der Waals surface area contributed by atoms with Crippen LogP contribution < -0.4 is 4.74 Å². The first kappa shape index (κ1) is 23.1. The van der Waals surface area contributed by atoms with Crippen LogP contribution >= 0.6 is 0 Å². The van der Waals surface area contributed by atoms with Gasteiger partial charge in [-0.05, 0) is 42.7 Å². The molecular weight excluding hydrogens is 439 g/mol. The van der Waals surface area contributed by atoms with Crippen LogP contribution in [0.4, 0.5) is 18.0 Å². The molecule has 4 rings (SSSR count). The Bertz CT molecular complexity index is 950. The Morgan fingerprint density at radius 2 is 1.61 bits per heavy atom. The first-order chi connectivity index (χ1) is 15.8. The average molecular weight is 463 g/mol. The van der Waals surface area contributed by atoms with Gasteiger partial charge < -0.3 is 14.2 Å². The Morgan fingerprint density at radius 3 is 2.21 bits per heavy atom. The number of hydrogen-bond acceptors (Lipinski definition) is 5. The van der Waals surface area contributed by atoms with E-state index >= 15 is 0 Å². The fourth-order valence-electron chi connectivity index (χ4n) is 4.34. The monoisotopic (exact) mass is 463 g/mol. The minimum atomic E-state index is -4.43. The molecule has 1 amide bonds. The highest BCUT2D eigenvalue weighted by atomic mass is 19.4. The first-order valence-corrected chi connectivity index (χ1v) is 10.7. The Labute approximate surface area is 189 Å². The highest BCUT2D eigenvalue weighted by Gasteiger charge is 2.44. The third kappa shape index (κ3) is 5.84. The quantitative estimate of drug-likeness (QED) is 0.585. The van der Waals surface area contributed by atoms with Gasteiger partial charge in [-0.1, -0.05) is 30.3 Å². The van der Waals surface area contributed by atoms with Gasteiger partial charge in [0.1, 0.15) is 12.4 Å². The molecule has 2 unspecified atom stereocenters. The van der Waals surface area contributed by atoms with E-state index in [1.165, 1.54) is 24.3 Å². The molecule has 0 aliphatic carbocycles. The number of ketones is 1. The second-order valence-electron chi connectivity index (χ2n) is 8.25. The second kappa shape index (κ2) is 9.82. The number of nitrogens with zero attached hydrogens (tertiary/aromatic N) is 1. The summed E-state index contributed by atoms with van der Waals surface area (Å²) in [6, 6.07) is 14.5. The molecule has 2 saturated heterocycles. The zero-order valence-corrected chi connectivity index (χ0v) is 17.8. The summed E-state index contributed by atoms with van der Waals surface area (Å²) < 4.78 is 52.7. The van der Waals surface area contributed by atoms with Crippen molar-refractivity contribution < 1.29 is 37.0 Å². The summed E-state index contributed by atoms with van der Waals surface area (Å²) in [5, 5.41) is 0. The van der Waals surface area contributed by atoms with E-state index in [1.54, 1.807) is 4.90 Å². The van der Waals surface area contributed by atoms with Crippen molar-refractivity contribution in [2.45, 2.75) is 37.7 Å². The topological polar surface area (TPSA) is 65.1 Å². The predicted molar refractivity (Wildman–Crippen MR) is 112 cm³/mol. The third-order valence-electron chi connectivity index (χ3n) is 5.85. The van der Waals surface area contributed by atoms with Crippen LogP contribution in [0.1, 0.15) is 28.8 Å². The summed E-state index contributed by atoms with van der Waals surface area (Å²) in [6.45, 7) is -0.569. The molecule has 0 aromatic heterocycles. The SMILES string of the molecule is O=C(c1ccc(OCC(F)(F)F)cc1)C1CC2COCC(C1)N2C(=O)OCc1ccccc1. The van der Waals surface area contributed by atoms with Crippen LogP contribution in [0.25, 0.3) is 0 Å². The fraction of sp³-hybridized carbons (Fsp3) is 0.417. The molecule has 0 N–H and O–H groups in total. The van der Waals surface area contributed by atoms with Gasteiger partial charge in [-0.2, -0.15) is 13.2 Å². The van der Waals surface area contributed by atoms with Gasteiger partial charge in [0, 0.05) is 11.5 Å². The van der Waals surface area contributed by atoms with Crippen molar-refractivity contribution in [3.05, 3.63) is 65.7 Å². The number of fused-ring (bicyclic) bond motifs is 2. The zero-order chi connectivity index (χ0) is 23.4. The van der Waals surface area contributed by atoms with Crippen LogP contribution in [0.3, 0.4) is 0 Å². The minimum absolute atomic E-state index is 0.0464. The van der Waals surface area contributed by atoms with Crippen LogP contribution in [-0.2, 0) is 16.1 Å². The van der Waals surface area contributed by atoms with Gasteiger partial charge in [0.2, 0.25) is 0 Å². The Hall–Kier alpha value is -3.07. The van der Waals surface area contributed by atoms with E-state index in [4.69, 9.17) is 14.2 Å². The summed E-state index contributed by atoms with van der Waals surface area (Å²) in [4.78, 5) is 27.5. The molecule has 2 aliphatic rings. The lowest BCUT2D eigenvalue weighted by Crippen LogP contribution is -2.59. The lowest BCUT2D eigenvalue weighted by atomic mass is 9.81. The number of piperidine rings is 1. The molecule has 6 nitrogen and oxygen atoms in total. The maximum Gasteiger partial charge on any atom is 0.422 e. The van der Waals surface area contributed by atoms with Gasteiger partial charge in [-0.15, -0.1) is 0 Å². The van der Waals surface area contributed by atoms with E-state index in [1.807, 2.05) is 30.3 Å². The first-order valence-electron chi connectivity index (χ1n) is 10.7. The molecule has 2 aliphatic heterocycles. The molecule has 33 heavy (non-hydrogen) atoms. The average Bonchev–Trinajstić information content (AvgIpc) is 2.80. The molecule has 0 saturated carbocycles. The molecule has 2 fully saturated rings. The number of rotatable bonds is 6. The molecule has 0 radical (unpaired) electrons. The fourth-order valence-corrected chi connectivity index (χ4v) is 4.34. The highest BCUT2D eigenvalue weighted by molar-refractivity contribution is 5.98. The summed E-state index contributed by atoms with van der Waals surface area (Å²) in [5.41, 5.74) is 1.29. The van der Waals surface area contributed by atoms with Crippen molar-refractivity contribution in [1.29, 1.82) is 0 Å². The van der Waals surface area contributed by atoms with Crippen molar-refractivity contribution >= 4 is 11.9 Å². The van der Waals surface area contributed by atoms with E-state index < -0.39 is 18.9 Å². The van der Waals surface area contributed by atoms with Crippen LogP contribution in [-0.4, -0.2) is 54.9 Å². The maximum absolute atomic E-state index is 13.1. The molecule has 2 aromatic carbocycles. The van der Waals surface area contributed by atoms with Gasteiger partial charge in [-0.3, -0.25) is 9.69 Å². The van der Waals surface area contributed by atoms with Gasteiger partial charge in [0.25, 0.3) is 0 Å². The Balaban J connectivity index is 1.36. The van der Waals surface area contributed by atoms with Crippen molar-refractivity contribution in [2.24, 2.45) is 5.92 Å². The van der Waals surface area contributed by atoms with Crippen molar-refractivity contribution in [3.8, 4) is 5.75 Å². The van der Waals surface area contributed by atoms with Gasteiger partial charge >= 0.3 is 12.3 Å². The largest absolute Gasteiger partial charge is 0.484 e. The maximum atomic E-state index is 13.1. The lowest BCUT2D eigenvalue weighted by molar-refractivity contribution is -0.153. The number of carbonyl (C=O) groups excluding carboxylic acids is 2. The number of ether oxygens (including phenoxy) is 3. The lowest BCUT2D eigenvalue weighted by Gasteiger charge is -2.47. The standard InChI is InChI=1S/C24H24F3NO5/c25-24(26,27)15-33-21-8-6-17(7-9-21)22(29)18-10-19-13-31-14-20(11-18)28(19)23(30)32-12-16-4-2-1-3-5-16/h1-9,18-20H,10-15H2. The minimum Gasteiger partial charge on any atom is -0.484 e. The number of morpholine rings is 1. The number of halogens is 3. The Kier molecular flexibility index (Phi) is 6.88. The summed E-state index contributed by atoms with van der Waals surface area (Å²) >= 11 is 0. The molecule has 2 atom stereocenters. The number of alkyl halides is 3. The predicted octanol–water partition coefficient (Wildman–Crippen LogP) is 4.63. The van der Waals surface area contributed by atoms with Crippen LogP contribution in [0.2, 0.25) is 0 Å². The van der Waals surface area contributed by atoms with Crippen LogP contribution in [0.5, 0.6) is 5.75 Å². The summed E-state index contributed by atoms with van der Waals surface area (Å²) in [6.07, 6.45) is -3.98. The van der Waals surface area contributed by atoms with Crippen molar-refractivity contribution in [3.63, 3.8) is 0 Å². The molecule has 176 valence electrons. The van der Waals surface area contributed by atoms with E-state index in [2.05, 4.69) is 0 Å². The molecular formula is C24H24F3NO5. The summed E-state index contributed by atoms with van der Waals surface area (Å²) in [5.74, 6) is -0.374. The number of benzene rings is 2. The number of hydrogen-bond donors (Lipinski definition) is 0. The van der Waals surface area contributed by atoms with Gasteiger partial charge in [-0.25, -0.2) is 4.79 Å². The van der Waals surface area contributed by atoms with E-state index in [9.17, 15) is 22.8 Å². The summed E-state index contributed by atoms with van der Waals surface area (Å²) in [7, 11) is 0. The highest BCUT2D eigenvalue weighted by Crippen LogP contribution is 2.34. The van der Waals surface area contributed by atoms with Gasteiger partial charge in [0.05, 0.1) is 25.3 Å². The van der Waals surface area contributed by atoms with Crippen molar-refractivity contribution in [2.75, 3.05) is 19.8 Å². The Morgan fingerprint density at radius 1 is 0.970 bits per heavy atom. The zero-order valence-electron chi connectivity index (χ0n) is 17.8. The molecule has 2 aromatic rings. The molecule has 9 heteroatoms. The van der Waals surface area contributed by atoms with E-state index in [-0.39, 0.29) is 36.1 Å². The molecule has 2 heterocycles. The smallest absolute Gasteiger partial charge is 0.422 e. The normalized spacial score (nSPS) is 22.5. The van der Waals surface area contributed by atoms with Gasteiger partial charge in [0.15, 0.2) is 12.4 Å². The number of amides is 1. The third-order valence-corrected chi connectivity index (χ3v) is 5.85. The number of Topliss-reactive ketones (excluding diaryl/α,β-unsaturated/α-hetero) is 1. The van der Waals surface area contributed by atoms with Crippen molar-refractivity contribution in [1.82, 2.24) is 4.90 Å². The molecule has 2 bridgehead atoms. The van der Waals surface area contributed by atoms with E-state index in [0.717, 1.165) is 5.56 Å². The van der Waals surface area contributed by atoms with Crippen LogP contribution in [0, 0.1) is 5.92 Å².